The topological polar surface area (TPSA) is 36.9 Å². The number of fused-ring (bicyclic) bond motifs is 12. The van der Waals surface area contributed by atoms with E-state index in [4.69, 9.17) is 18.9 Å². The quantitative estimate of drug-likeness (QED) is 0.114. The van der Waals surface area contributed by atoms with E-state index in [1.165, 1.54) is 111 Å². The van der Waals surface area contributed by atoms with E-state index in [1.807, 2.05) is 0 Å². The maximum absolute atomic E-state index is 11.7. The normalized spacial score (nSPS) is 29.2. The molecule has 2 saturated heterocycles. The number of allylic oxidation sites excluding steroid dienone is 32. The fraction of sp³-hybridized carbons (Fsp3) is 0.265. The summed E-state index contributed by atoms with van der Waals surface area (Å²) in [5, 5.41) is 9.35. The summed E-state index contributed by atoms with van der Waals surface area (Å²) in [5.74, 6) is 3.08. The Bertz CT molecular complexity index is 5130. The second-order valence-corrected chi connectivity index (χ2v) is 73.5. The number of rotatable bonds is 12. The van der Waals surface area contributed by atoms with E-state index in [0.29, 0.717) is 0 Å². The second kappa shape index (κ2) is 24.6. The Morgan fingerprint density at radius 1 is 0.299 bits per heavy atom. The molecule has 0 aromatic heterocycles. The summed E-state index contributed by atoms with van der Waals surface area (Å²) in [6.07, 6.45) is 49.7. The third-order valence-electron chi connectivity index (χ3n) is 27.4. The van der Waals surface area contributed by atoms with Gasteiger partial charge in [-0.3, -0.25) is 0 Å². The first kappa shape index (κ1) is 70.4. The zero-order chi connectivity index (χ0) is 74.3. The van der Waals surface area contributed by atoms with Crippen molar-refractivity contribution < 1.29 is 33.9 Å². The average molecular weight is 1560 g/mol. The second-order valence-electron chi connectivity index (χ2n) is 33.7. The van der Waals surface area contributed by atoms with Crippen LogP contribution in [0.5, 0.6) is 23.0 Å². The first-order chi connectivity index (χ1) is 51.4. The summed E-state index contributed by atoms with van der Waals surface area (Å²) in [5.41, 5.74) is 21.0. The maximum atomic E-state index is 11.7. The molecule has 4 nitrogen and oxygen atoms in total. The van der Waals surface area contributed by atoms with E-state index in [0.717, 1.165) is 44.5 Å². The number of hydrogen-bond donors (Lipinski definition) is 0. The summed E-state index contributed by atoms with van der Waals surface area (Å²) >= 11 is -7.82. The van der Waals surface area contributed by atoms with Crippen LogP contribution in [0.4, 0.5) is 0 Å². The molecule has 0 N–H and O–H groups in total. The number of halogens is 2. The summed E-state index contributed by atoms with van der Waals surface area (Å²) in [4.78, 5) is 0. The van der Waals surface area contributed by atoms with Crippen molar-refractivity contribution in [3.63, 3.8) is 0 Å². The van der Waals surface area contributed by atoms with Crippen molar-refractivity contribution in [3.8, 4) is 23.0 Å². The molecule has 9 heteroatoms. The van der Waals surface area contributed by atoms with Crippen molar-refractivity contribution in [2.75, 3.05) is 0 Å². The molecule has 8 aliphatic carbocycles. The summed E-state index contributed by atoms with van der Waals surface area (Å²) in [6.45, 7) is 32.3. The van der Waals surface area contributed by atoms with Gasteiger partial charge in [-0.1, -0.05) is 0 Å². The van der Waals surface area contributed by atoms with Crippen LogP contribution in [-0.2, 0) is 14.9 Å². The fourth-order valence-electron chi connectivity index (χ4n) is 25.0. The molecule has 8 aromatic rings. The van der Waals surface area contributed by atoms with E-state index in [-0.39, 0.29) is 48.1 Å². The molecule has 0 radical (unpaired) electrons. The third-order valence-corrected chi connectivity index (χ3v) is 112. The van der Waals surface area contributed by atoms with Gasteiger partial charge in [0.25, 0.3) is 0 Å². The molecule has 538 valence electrons. The molecule has 107 heavy (non-hydrogen) atoms. The first-order valence-electron chi connectivity index (χ1n) is 39.1. The van der Waals surface area contributed by atoms with Crippen LogP contribution in [0.25, 0.3) is 43.1 Å². The van der Waals surface area contributed by atoms with Crippen molar-refractivity contribution in [1.82, 2.24) is 0 Å². The van der Waals surface area contributed by atoms with Gasteiger partial charge < -0.3 is 0 Å². The van der Waals surface area contributed by atoms with Gasteiger partial charge in [0, 0.05) is 0 Å². The molecular weight excluding hydrogens is 1460 g/mol. The van der Waals surface area contributed by atoms with Crippen LogP contribution in [0.1, 0.15) is 129 Å². The zero-order valence-corrected chi connectivity index (χ0v) is 70.3. The minimum absolute atomic E-state index is 0.0667. The summed E-state index contributed by atoms with van der Waals surface area (Å²) < 4.78 is 22.0. The van der Waals surface area contributed by atoms with Crippen molar-refractivity contribution in [2.24, 2.45) is 0 Å². The van der Waals surface area contributed by atoms with Crippen LogP contribution >= 0.6 is 17.0 Å². The molecule has 2 fully saturated rings. The SMILES string of the molecule is CC1=CC2=C(C=CC=CC2c2ccc3cc(OC(C)C)ccc3c2)[C]12[SiH](C)[C]1(C(C)=CC3=C1C=CC=CC3c1ccc3cc(OC(C)C)ccc3c1)[Zr]21([Cl])([Cl])[C]2(C(C)=CC3=C2C=CC=CC3c2ccc3cc(OC(C)C)ccc3c2)[SiH](C)[C]12C(C)=CC1=C2C=CC=CC1c1ccc2cc(OC(C)C)ccc2c1. The molecule has 0 amide bonds. The molecule has 8 unspecified atom stereocenters. The van der Waals surface area contributed by atoms with E-state index in [9.17, 15) is 17.0 Å². The number of benzene rings is 8. The van der Waals surface area contributed by atoms with Gasteiger partial charge in [-0.05, 0) is 55.4 Å². The Morgan fingerprint density at radius 2 is 0.505 bits per heavy atom. The number of hydrogen-bond acceptors (Lipinski definition) is 4. The minimum atomic E-state index is -7.82. The van der Waals surface area contributed by atoms with Crippen molar-refractivity contribution >= 4 is 77.7 Å². The van der Waals surface area contributed by atoms with Gasteiger partial charge in [-0.15, -0.1) is 0 Å². The van der Waals surface area contributed by atoms with Gasteiger partial charge in [0.05, 0.1) is 0 Å². The predicted octanol–water partition coefficient (Wildman–Crippen LogP) is 26.5. The summed E-state index contributed by atoms with van der Waals surface area (Å²) in [7, 11) is 18.0. The molecule has 0 bridgehead atoms. The van der Waals surface area contributed by atoms with Gasteiger partial charge in [-0.2, -0.15) is 0 Å². The number of ether oxygens (including phenoxy) is 4. The Kier molecular flexibility index (Phi) is 16.2. The molecule has 18 rings (SSSR count). The van der Waals surface area contributed by atoms with Crippen LogP contribution in [-0.4, -0.2) is 42.0 Å². The Morgan fingerprint density at radius 3 is 0.720 bits per heavy atom. The standard InChI is InChI=1S/2C49H48O2Si.2ClH.Zr/c2*1-30(2)50-40-22-20-34-26-38(18-16-36(34)28-40)42-12-8-10-14-44-46(42)24-32(5)48(44)52(7)49-33(6)25-47-43(13-9-11-15-45(47)49)39-19-17-37-29-41(51-31(3)4)23-21-35(37)27-39;;;/h2*8-31,42-43,52H,1-7H3;2*1H;/q;;;;+2/p-2. The molecule has 10 aliphatic rings. The average Bonchev–Trinajstić information content (AvgIpc) is 1.49. The Balaban J connectivity index is 0.958. The van der Waals surface area contributed by atoms with Crippen LogP contribution in [0.15, 0.2) is 334 Å². The Labute approximate surface area is 640 Å². The molecule has 8 aromatic carbocycles. The van der Waals surface area contributed by atoms with E-state index in [1.54, 1.807) is 0 Å². The molecule has 0 saturated carbocycles. The summed E-state index contributed by atoms with van der Waals surface area (Å²) in [6, 6.07) is 54.7. The first-order valence-corrected chi connectivity index (χ1v) is 54.9. The van der Waals surface area contributed by atoms with Crippen LogP contribution in [0, 0.1) is 0 Å². The molecule has 8 atom stereocenters. The molecule has 5 spiro atoms. The van der Waals surface area contributed by atoms with Crippen molar-refractivity contribution in [1.29, 1.82) is 0 Å². The Hall–Kier alpha value is -8.26. The van der Waals surface area contributed by atoms with Gasteiger partial charge >= 0.3 is 591 Å². The van der Waals surface area contributed by atoms with Crippen molar-refractivity contribution in [2.45, 2.75) is 155 Å². The van der Waals surface area contributed by atoms with Gasteiger partial charge in [0.15, 0.2) is 0 Å². The van der Waals surface area contributed by atoms with Crippen molar-refractivity contribution in [3.05, 3.63) is 356 Å². The van der Waals surface area contributed by atoms with Gasteiger partial charge in [0.1, 0.15) is 0 Å². The predicted molar refractivity (Wildman–Crippen MR) is 455 cm³/mol. The third kappa shape index (κ3) is 8.76. The molecular formula is C98H96Cl2O4Si2Zr. The fourth-order valence-corrected chi connectivity index (χ4v) is 149. The van der Waals surface area contributed by atoms with Crippen LogP contribution in [0.3, 0.4) is 0 Å². The molecule has 2 aliphatic heterocycles. The van der Waals surface area contributed by atoms with E-state index >= 15 is 0 Å². The zero-order valence-electron chi connectivity index (χ0n) is 64.1. The van der Waals surface area contributed by atoms with Gasteiger partial charge in [-0.25, -0.2) is 0 Å². The van der Waals surface area contributed by atoms with Crippen LogP contribution < -0.4 is 18.9 Å². The van der Waals surface area contributed by atoms with E-state index < -0.39 is 43.5 Å². The van der Waals surface area contributed by atoms with Crippen LogP contribution in [0.2, 0.25) is 24.1 Å². The monoisotopic (exact) mass is 1550 g/mol. The van der Waals surface area contributed by atoms with Gasteiger partial charge in [0.2, 0.25) is 0 Å². The van der Waals surface area contributed by atoms with E-state index in [2.05, 4.69) is 363 Å². The molecule has 2 heterocycles.